The van der Waals surface area contributed by atoms with Gasteiger partial charge in [-0.1, -0.05) is 53.5 Å². The van der Waals surface area contributed by atoms with Crippen LogP contribution in [0.1, 0.15) is 28.5 Å². The first kappa shape index (κ1) is 25.6. The van der Waals surface area contributed by atoms with Gasteiger partial charge in [-0.3, -0.25) is 4.79 Å². The minimum Gasteiger partial charge on any atom is -0.489 e. The number of aromatic nitrogens is 1. The molecular formula is C28H23Cl2N3O5. The molecule has 10 heteroatoms. The fourth-order valence-electron chi connectivity index (χ4n) is 4.40. The number of nitrogens with zero attached hydrogens (tertiary/aromatic N) is 2. The summed E-state index contributed by atoms with van der Waals surface area (Å²) < 4.78 is 11.0. The summed E-state index contributed by atoms with van der Waals surface area (Å²) in [4.78, 5) is 44.4. The van der Waals surface area contributed by atoms with Crippen LogP contribution in [0, 0.1) is 0 Å². The summed E-state index contributed by atoms with van der Waals surface area (Å²) in [5.74, 6) is -0.369. The fraction of sp³-hybridized carbons (Fsp3) is 0.179. The van der Waals surface area contributed by atoms with Gasteiger partial charge in [0, 0.05) is 21.5 Å². The number of nitrogens with one attached hydrogen (secondary N) is 1. The van der Waals surface area contributed by atoms with Crippen molar-refractivity contribution < 1.29 is 23.9 Å². The van der Waals surface area contributed by atoms with Crippen molar-refractivity contribution in [3.63, 3.8) is 0 Å². The molecule has 0 aliphatic carbocycles. The molecule has 38 heavy (non-hydrogen) atoms. The number of rotatable bonds is 8. The molecule has 1 aliphatic heterocycles. The van der Waals surface area contributed by atoms with Crippen LogP contribution in [-0.2, 0) is 22.7 Å². The minimum absolute atomic E-state index is 0.0329. The van der Waals surface area contributed by atoms with Crippen LogP contribution >= 0.6 is 23.2 Å². The lowest BCUT2D eigenvalue weighted by Gasteiger charge is -2.18. The number of ether oxygens (including phenoxy) is 2. The predicted octanol–water partition coefficient (Wildman–Crippen LogP) is 6.20. The van der Waals surface area contributed by atoms with Gasteiger partial charge < -0.3 is 19.4 Å². The Kier molecular flexibility index (Phi) is 7.26. The number of halogens is 2. The Morgan fingerprint density at radius 1 is 1.03 bits per heavy atom. The van der Waals surface area contributed by atoms with Gasteiger partial charge in [0.2, 0.25) is 0 Å². The Morgan fingerprint density at radius 2 is 1.76 bits per heavy atom. The Bertz CT molecular complexity index is 1520. The number of H-pyrrole nitrogens is 1. The highest BCUT2D eigenvalue weighted by Crippen LogP contribution is 2.35. The Balaban J connectivity index is 1.37. The Hall–Kier alpha value is -4.01. The molecular weight excluding hydrogens is 529 g/mol. The minimum atomic E-state index is -0.591. The lowest BCUT2D eigenvalue weighted by Crippen LogP contribution is -2.33. The zero-order valence-corrected chi connectivity index (χ0v) is 21.9. The summed E-state index contributed by atoms with van der Waals surface area (Å²) in [5.41, 5.74) is 2.58. The van der Waals surface area contributed by atoms with E-state index in [-0.39, 0.29) is 31.3 Å². The number of hydrogen-bond donors (Lipinski definition) is 1. The Morgan fingerprint density at radius 3 is 2.47 bits per heavy atom. The van der Waals surface area contributed by atoms with E-state index >= 15 is 0 Å². The number of esters is 1. The molecule has 5 rings (SSSR count). The van der Waals surface area contributed by atoms with Crippen molar-refractivity contribution in [3.8, 4) is 5.75 Å². The van der Waals surface area contributed by atoms with Crippen LogP contribution < -0.4 is 9.64 Å². The predicted molar refractivity (Wildman–Crippen MR) is 145 cm³/mol. The third kappa shape index (κ3) is 5.05. The summed E-state index contributed by atoms with van der Waals surface area (Å²) in [5, 5.41) is 1.24. The van der Waals surface area contributed by atoms with E-state index in [1.54, 1.807) is 43.3 Å². The number of imide groups is 1. The zero-order valence-electron chi connectivity index (χ0n) is 20.4. The van der Waals surface area contributed by atoms with Gasteiger partial charge in [-0.15, -0.1) is 0 Å². The summed E-state index contributed by atoms with van der Waals surface area (Å²) in [6.45, 7) is 2.07. The third-order valence-corrected chi connectivity index (χ3v) is 6.64. The van der Waals surface area contributed by atoms with Crippen molar-refractivity contribution >= 4 is 57.7 Å². The average molecular weight is 552 g/mol. The monoisotopic (exact) mass is 551 g/mol. The van der Waals surface area contributed by atoms with E-state index in [2.05, 4.69) is 4.98 Å². The number of aromatic amines is 1. The molecule has 194 valence electrons. The van der Waals surface area contributed by atoms with Gasteiger partial charge in [0.1, 0.15) is 24.6 Å². The van der Waals surface area contributed by atoms with Gasteiger partial charge in [0.25, 0.3) is 5.91 Å². The van der Waals surface area contributed by atoms with Gasteiger partial charge in [-0.25, -0.2) is 14.5 Å². The molecule has 1 aliphatic rings. The van der Waals surface area contributed by atoms with Gasteiger partial charge in [0.15, 0.2) is 0 Å². The Labute approximate surface area is 228 Å². The average Bonchev–Trinajstić information content (AvgIpc) is 3.40. The van der Waals surface area contributed by atoms with E-state index in [0.717, 1.165) is 10.5 Å². The first-order valence-electron chi connectivity index (χ1n) is 11.9. The molecule has 0 radical (unpaired) electrons. The van der Waals surface area contributed by atoms with Crippen LogP contribution in [0.4, 0.5) is 10.5 Å². The van der Waals surface area contributed by atoms with Crippen molar-refractivity contribution in [2.45, 2.75) is 20.1 Å². The third-order valence-electron chi connectivity index (χ3n) is 6.13. The molecule has 3 amide bonds. The van der Waals surface area contributed by atoms with Crippen LogP contribution in [0.15, 0.2) is 66.7 Å². The van der Waals surface area contributed by atoms with E-state index < -0.39 is 12.0 Å². The van der Waals surface area contributed by atoms with Crippen molar-refractivity contribution in [1.82, 2.24) is 9.88 Å². The van der Waals surface area contributed by atoms with E-state index in [4.69, 9.17) is 32.7 Å². The molecule has 1 aromatic heterocycles. The summed E-state index contributed by atoms with van der Waals surface area (Å²) >= 11 is 12.6. The van der Waals surface area contributed by atoms with E-state index in [9.17, 15) is 14.4 Å². The molecule has 8 nitrogen and oxygen atoms in total. The van der Waals surface area contributed by atoms with Gasteiger partial charge in [0.05, 0.1) is 23.9 Å². The SMILES string of the molecule is CCOC(=O)c1[nH]c2cc(Cl)cc(Cl)c2c1CN1CC(=O)N(c2ccc(OCc3ccccc3)cc2)C1=O. The molecule has 0 saturated carbocycles. The lowest BCUT2D eigenvalue weighted by molar-refractivity contribution is -0.116. The highest BCUT2D eigenvalue weighted by Gasteiger charge is 2.38. The normalized spacial score (nSPS) is 13.4. The van der Waals surface area contributed by atoms with Crippen LogP contribution in [0.5, 0.6) is 5.75 Å². The summed E-state index contributed by atoms with van der Waals surface area (Å²) in [7, 11) is 0. The fourth-order valence-corrected chi connectivity index (χ4v) is 5.01. The molecule has 1 N–H and O–H groups in total. The second-order valence-corrected chi connectivity index (χ2v) is 9.49. The van der Waals surface area contributed by atoms with Gasteiger partial charge in [-0.05, 0) is 48.9 Å². The molecule has 3 aromatic carbocycles. The van der Waals surface area contributed by atoms with Crippen LogP contribution in [0.25, 0.3) is 10.9 Å². The molecule has 0 atom stereocenters. The molecule has 4 aromatic rings. The summed E-state index contributed by atoms with van der Waals surface area (Å²) in [6, 6.07) is 19.2. The smallest absolute Gasteiger partial charge is 0.355 e. The van der Waals surface area contributed by atoms with Crippen molar-refractivity contribution in [2.24, 2.45) is 0 Å². The van der Waals surface area contributed by atoms with Crippen molar-refractivity contribution in [1.29, 1.82) is 0 Å². The number of anilines is 1. The number of carbonyl (C=O) groups excluding carboxylic acids is 3. The zero-order chi connectivity index (χ0) is 26.8. The summed E-state index contributed by atoms with van der Waals surface area (Å²) in [6.07, 6.45) is 0. The number of urea groups is 1. The molecule has 2 heterocycles. The molecule has 0 spiro atoms. The second kappa shape index (κ2) is 10.8. The number of carbonyl (C=O) groups is 3. The number of fused-ring (bicyclic) bond motifs is 1. The van der Waals surface area contributed by atoms with Crippen LogP contribution in [-0.4, -0.2) is 40.9 Å². The number of amides is 3. The first-order valence-corrected chi connectivity index (χ1v) is 12.7. The maximum absolute atomic E-state index is 13.3. The van der Waals surface area contributed by atoms with Crippen molar-refractivity contribution in [3.05, 3.63) is 93.6 Å². The van der Waals surface area contributed by atoms with Gasteiger partial charge >= 0.3 is 12.0 Å². The number of hydrogen-bond acceptors (Lipinski definition) is 5. The van der Waals surface area contributed by atoms with Crippen LogP contribution in [0.3, 0.4) is 0 Å². The number of benzene rings is 3. The topological polar surface area (TPSA) is 91.9 Å². The van der Waals surface area contributed by atoms with E-state index in [1.165, 1.54) is 4.90 Å². The van der Waals surface area contributed by atoms with E-state index in [1.807, 2.05) is 30.3 Å². The molecule has 1 saturated heterocycles. The lowest BCUT2D eigenvalue weighted by atomic mass is 10.1. The molecule has 0 unspecified atom stereocenters. The quantitative estimate of drug-likeness (QED) is 0.208. The second-order valence-electron chi connectivity index (χ2n) is 8.65. The highest BCUT2D eigenvalue weighted by atomic mass is 35.5. The highest BCUT2D eigenvalue weighted by molar-refractivity contribution is 6.39. The van der Waals surface area contributed by atoms with Crippen molar-refractivity contribution in [2.75, 3.05) is 18.1 Å². The first-order chi connectivity index (χ1) is 18.4. The maximum Gasteiger partial charge on any atom is 0.355 e. The maximum atomic E-state index is 13.3. The van der Waals surface area contributed by atoms with E-state index in [0.29, 0.717) is 44.6 Å². The molecule has 0 bridgehead atoms. The largest absolute Gasteiger partial charge is 0.489 e. The van der Waals surface area contributed by atoms with Crippen LogP contribution in [0.2, 0.25) is 10.0 Å². The molecule has 1 fully saturated rings. The van der Waals surface area contributed by atoms with Gasteiger partial charge in [-0.2, -0.15) is 0 Å². The standard InChI is InChI=1S/C28H23Cl2N3O5/c1-2-37-27(35)26-21(25-22(30)12-18(29)13-23(25)31-26)14-32-15-24(34)33(28(32)36)19-8-10-20(11-9-19)38-16-17-6-4-3-5-7-17/h3-13,31H,2,14-16H2,1H3.